The van der Waals surface area contributed by atoms with Crippen molar-refractivity contribution >= 4 is 5.91 Å². The van der Waals surface area contributed by atoms with Crippen LogP contribution in [0.3, 0.4) is 0 Å². The minimum atomic E-state index is -0.300. The molecule has 31 heavy (non-hydrogen) atoms. The number of carbonyl (C=O) groups excluding carboxylic acids is 1. The Labute approximate surface area is 182 Å². The van der Waals surface area contributed by atoms with Gasteiger partial charge in [-0.15, -0.1) is 0 Å². The highest BCUT2D eigenvalue weighted by atomic mass is 19.1. The van der Waals surface area contributed by atoms with Gasteiger partial charge in [0.25, 0.3) is 0 Å². The molecule has 0 N–H and O–H groups in total. The van der Waals surface area contributed by atoms with Crippen molar-refractivity contribution in [3.8, 4) is 11.3 Å². The molecule has 5 nitrogen and oxygen atoms in total. The van der Waals surface area contributed by atoms with Gasteiger partial charge in [-0.25, -0.2) is 9.37 Å². The van der Waals surface area contributed by atoms with Crippen LogP contribution in [-0.4, -0.2) is 51.9 Å². The standard InChI is InChI=1S/C25H27FN4O/c1-28-15-22-24(20-8-3-2-4-9-20)27-18-30(22)25(16-28)11-6-12-29(17-25)23(31)14-19-7-5-10-21(26)13-19/h2-5,7-10,13,18H,6,11-12,14-17H2,1H3/t25-/m1/s1. The monoisotopic (exact) mass is 418 g/mol. The highest BCUT2D eigenvalue weighted by Gasteiger charge is 2.43. The first-order chi connectivity index (χ1) is 15.0. The number of hydrogen-bond donors (Lipinski definition) is 0. The molecular weight excluding hydrogens is 391 g/mol. The third-order valence-corrected chi connectivity index (χ3v) is 6.56. The number of rotatable bonds is 3. The van der Waals surface area contributed by atoms with Gasteiger partial charge >= 0.3 is 0 Å². The Morgan fingerprint density at radius 1 is 1.13 bits per heavy atom. The summed E-state index contributed by atoms with van der Waals surface area (Å²) in [5.74, 6) is -0.242. The summed E-state index contributed by atoms with van der Waals surface area (Å²) in [5, 5.41) is 0. The second-order valence-electron chi connectivity index (χ2n) is 8.90. The van der Waals surface area contributed by atoms with Crippen LogP contribution in [0.15, 0.2) is 60.9 Å². The summed E-state index contributed by atoms with van der Waals surface area (Å²) in [6, 6.07) is 16.6. The van der Waals surface area contributed by atoms with Crippen molar-refractivity contribution < 1.29 is 9.18 Å². The highest BCUT2D eigenvalue weighted by Crippen LogP contribution is 2.38. The predicted molar refractivity (Wildman–Crippen MR) is 118 cm³/mol. The number of hydrogen-bond acceptors (Lipinski definition) is 3. The van der Waals surface area contributed by atoms with Gasteiger partial charge in [0.1, 0.15) is 5.82 Å². The van der Waals surface area contributed by atoms with E-state index in [1.165, 1.54) is 17.8 Å². The first-order valence-electron chi connectivity index (χ1n) is 10.9. The molecule has 1 amide bonds. The largest absolute Gasteiger partial charge is 0.340 e. The summed E-state index contributed by atoms with van der Waals surface area (Å²) in [7, 11) is 2.14. The molecule has 3 aromatic rings. The average Bonchev–Trinajstić information content (AvgIpc) is 3.19. The van der Waals surface area contributed by atoms with Gasteiger partial charge < -0.3 is 9.47 Å². The topological polar surface area (TPSA) is 41.4 Å². The van der Waals surface area contributed by atoms with Crippen molar-refractivity contribution in [2.24, 2.45) is 0 Å². The smallest absolute Gasteiger partial charge is 0.227 e. The molecule has 2 aliphatic rings. The third kappa shape index (κ3) is 3.76. The lowest BCUT2D eigenvalue weighted by atomic mass is 9.85. The number of aromatic nitrogens is 2. The normalized spacial score (nSPS) is 21.3. The second-order valence-corrected chi connectivity index (χ2v) is 8.90. The summed E-state index contributed by atoms with van der Waals surface area (Å²) in [6.07, 6.45) is 4.15. The van der Waals surface area contributed by atoms with E-state index in [0.29, 0.717) is 6.54 Å². The number of amides is 1. The molecular formula is C25H27FN4O. The van der Waals surface area contributed by atoms with Crippen molar-refractivity contribution in [3.05, 3.63) is 78.0 Å². The van der Waals surface area contributed by atoms with Crippen LogP contribution >= 0.6 is 0 Å². The van der Waals surface area contributed by atoms with Crippen LogP contribution in [0.2, 0.25) is 0 Å². The van der Waals surface area contributed by atoms with Crippen molar-refractivity contribution in [3.63, 3.8) is 0 Å². The van der Waals surface area contributed by atoms with Crippen molar-refractivity contribution in [2.45, 2.75) is 31.3 Å². The van der Waals surface area contributed by atoms with Crippen LogP contribution in [0.25, 0.3) is 11.3 Å². The molecule has 0 aliphatic carbocycles. The molecule has 0 bridgehead atoms. The van der Waals surface area contributed by atoms with Gasteiger partial charge in [-0.1, -0.05) is 42.5 Å². The summed E-state index contributed by atoms with van der Waals surface area (Å²) in [6.45, 7) is 3.12. The number of imidazole rings is 1. The Bertz CT molecular complexity index is 1100. The van der Waals surface area contributed by atoms with Crippen LogP contribution < -0.4 is 0 Å². The second kappa shape index (κ2) is 7.93. The molecule has 1 fully saturated rings. The first-order valence-corrected chi connectivity index (χ1v) is 10.9. The molecule has 1 spiro atoms. The van der Waals surface area contributed by atoms with E-state index in [9.17, 15) is 9.18 Å². The number of likely N-dealkylation sites (N-methyl/N-ethyl adjacent to an activating group) is 1. The van der Waals surface area contributed by atoms with Gasteiger partial charge in [-0.05, 0) is 37.6 Å². The summed E-state index contributed by atoms with van der Waals surface area (Å²) >= 11 is 0. The fourth-order valence-electron chi connectivity index (χ4n) is 5.25. The van der Waals surface area contributed by atoms with Crippen molar-refractivity contribution in [1.82, 2.24) is 19.4 Å². The van der Waals surface area contributed by atoms with E-state index in [-0.39, 0.29) is 23.7 Å². The number of piperidine rings is 1. The Balaban J connectivity index is 1.43. The zero-order chi connectivity index (χ0) is 21.4. The average molecular weight is 419 g/mol. The van der Waals surface area contributed by atoms with Crippen molar-refractivity contribution in [1.29, 1.82) is 0 Å². The first kappa shape index (κ1) is 19.9. The number of nitrogens with zero attached hydrogens (tertiary/aromatic N) is 4. The molecule has 6 heteroatoms. The van der Waals surface area contributed by atoms with E-state index < -0.39 is 0 Å². The van der Waals surface area contributed by atoms with E-state index in [1.807, 2.05) is 35.5 Å². The summed E-state index contributed by atoms with van der Waals surface area (Å²) in [5.41, 5.74) is 3.89. The lowest BCUT2D eigenvalue weighted by Gasteiger charge is -2.49. The Kier molecular flexibility index (Phi) is 5.10. The lowest BCUT2D eigenvalue weighted by Crippen LogP contribution is -2.58. The fourth-order valence-corrected chi connectivity index (χ4v) is 5.25. The zero-order valence-electron chi connectivity index (χ0n) is 17.8. The molecule has 0 radical (unpaired) electrons. The molecule has 2 aliphatic heterocycles. The third-order valence-electron chi connectivity index (χ3n) is 6.56. The molecule has 0 unspecified atom stereocenters. The molecule has 0 saturated carbocycles. The lowest BCUT2D eigenvalue weighted by molar-refractivity contribution is -0.134. The molecule has 1 aromatic heterocycles. The number of fused-ring (bicyclic) bond motifs is 2. The Morgan fingerprint density at radius 3 is 2.77 bits per heavy atom. The van der Waals surface area contributed by atoms with E-state index in [4.69, 9.17) is 4.98 Å². The van der Waals surface area contributed by atoms with Gasteiger partial charge in [0.15, 0.2) is 0 Å². The zero-order valence-corrected chi connectivity index (χ0v) is 17.8. The van der Waals surface area contributed by atoms with Crippen LogP contribution in [0.1, 0.15) is 24.1 Å². The molecule has 5 rings (SSSR count). The quantitative estimate of drug-likeness (QED) is 0.651. The molecule has 2 aromatic carbocycles. The number of benzene rings is 2. The maximum Gasteiger partial charge on any atom is 0.227 e. The van der Waals surface area contributed by atoms with E-state index in [0.717, 1.165) is 49.3 Å². The highest BCUT2D eigenvalue weighted by molar-refractivity contribution is 5.79. The van der Waals surface area contributed by atoms with E-state index in [2.05, 4.69) is 28.6 Å². The maximum atomic E-state index is 13.6. The Hall–Kier alpha value is -2.99. The molecule has 160 valence electrons. The van der Waals surface area contributed by atoms with Gasteiger partial charge in [0.2, 0.25) is 5.91 Å². The minimum Gasteiger partial charge on any atom is -0.340 e. The maximum absolute atomic E-state index is 13.6. The van der Waals surface area contributed by atoms with Crippen LogP contribution in [0, 0.1) is 5.82 Å². The van der Waals surface area contributed by atoms with Crippen LogP contribution in [0.5, 0.6) is 0 Å². The summed E-state index contributed by atoms with van der Waals surface area (Å²) in [4.78, 5) is 22.2. The van der Waals surface area contributed by atoms with Gasteiger partial charge in [-0.2, -0.15) is 0 Å². The van der Waals surface area contributed by atoms with Gasteiger partial charge in [0.05, 0.1) is 29.7 Å². The predicted octanol–water partition coefficient (Wildman–Crippen LogP) is 3.70. The Morgan fingerprint density at radius 2 is 1.97 bits per heavy atom. The minimum absolute atomic E-state index is 0.0582. The molecule has 3 heterocycles. The van der Waals surface area contributed by atoms with E-state index >= 15 is 0 Å². The van der Waals surface area contributed by atoms with Crippen LogP contribution in [-0.2, 0) is 23.3 Å². The fraction of sp³-hybridized carbons (Fsp3) is 0.360. The summed E-state index contributed by atoms with van der Waals surface area (Å²) < 4.78 is 15.9. The SMILES string of the molecule is CN1Cc2c(-c3ccccc3)ncn2[C@]2(CCCN(C(=O)Cc3cccc(F)c3)C2)C1. The van der Waals surface area contributed by atoms with Crippen LogP contribution in [0.4, 0.5) is 4.39 Å². The number of carbonyl (C=O) groups is 1. The number of halogens is 1. The van der Waals surface area contributed by atoms with Gasteiger partial charge in [-0.3, -0.25) is 9.69 Å². The van der Waals surface area contributed by atoms with Gasteiger partial charge in [0, 0.05) is 31.7 Å². The van der Waals surface area contributed by atoms with E-state index in [1.54, 1.807) is 6.07 Å². The molecule has 1 saturated heterocycles. The van der Waals surface area contributed by atoms with Crippen molar-refractivity contribution in [2.75, 3.05) is 26.7 Å². The number of likely N-dealkylation sites (tertiary alicyclic amines) is 1. The molecule has 1 atom stereocenters.